The molecule has 20 heavy (non-hydrogen) atoms. The van der Waals surface area contributed by atoms with Crippen molar-refractivity contribution in [1.29, 1.82) is 0 Å². The molecule has 1 rings (SSSR count). The molecule has 0 amide bonds. The molecule has 0 aliphatic carbocycles. The first-order valence-corrected chi connectivity index (χ1v) is 7.30. The third-order valence-electron chi connectivity index (χ3n) is 3.16. The van der Waals surface area contributed by atoms with E-state index < -0.39 is 0 Å². The number of nitrogens with zero attached hydrogens (tertiary/aromatic N) is 1. The van der Waals surface area contributed by atoms with Crippen LogP contribution >= 0.6 is 12.2 Å². The summed E-state index contributed by atoms with van der Waals surface area (Å²) in [7, 11) is 1.68. The van der Waals surface area contributed by atoms with Crippen LogP contribution in [0.5, 0.6) is 5.75 Å². The van der Waals surface area contributed by atoms with Crippen molar-refractivity contribution in [3.05, 3.63) is 29.3 Å². The molecule has 0 unspecified atom stereocenters. The van der Waals surface area contributed by atoms with Gasteiger partial charge in [0.1, 0.15) is 10.7 Å². The maximum atomic E-state index is 5.69. The lowest BCUT2D eigenvalue weighted by Crippen LogP contribution is -2.27. The lowest BCUT2D eigenvalue weighted by molar-refractivity contribution is 0.112. The van der Waals surface area contributed by atoms with Gasteiger partial charge in [-0.1, -0.05) is 19.1 Å². The molecule has 1 aromatic rings. The minimum Gasteiger partial charge on any atom is -0.496 e. The van der Waals surface area contributed by atoms with Gasteiger partial charge in [-0.2, -0.15) is 0 Å². The highest BCUT2D eigenvalue weighted by Crippen LogP contribution is 2.21. The van der Waals surface area contributed by atoms with E-state index in [0.717, 1.165) is 49.7 Å². The van der Waals surface area contributed by atoms with Crippen LogP contribution in [-0.4, -0.2) is 43.3 Å². The number of benzene rings is 1. The SMILES string of the molecule is CCOCCN(CC)Cc1cc(C(N)=S)ccc1OC. The molecular formula is C15H24N2O2S. The summed E-state index contributed by atoms with van der Waals surface area (Å²) in [5.74, 6) is 0.861. The standard InChI is InChI=1S/C15H24N2O2S/c1-4-17(8-9-19-5-2)11-13-10-12(15(16)20)6-7-14(13)18-3/h6-7,10H,4-5,8-9,11H2,1-3H3,(H2,16,20). The van der Waals surface area contributed by atoms with E-state index in [1.165, 1.54) is 0 Å². The molecule has 0 radical (unpaired) electrons. The summed E-state index contributed by atoms with van der Waals surface area (Å²) in [6.45, 7) is 8.27. The molecule has 112 valence electrons. The molecular weight excluding hydrogens is 272 g/mol. The van der Waals surface area contributed by atoms with Crippen molar-refractivity contribution in [1.82, 2.24) is 4.90 Å². The minimum absolute atomic E-state index is 0.409. The van der Waals surface area contributed by atoms with Gasteiger partial charge in [0.25, 0.3) is 0 Å². The predicted molar refractivity (Wildman–Crippen MR) is 86.3 cm³/mol. The number of hydrogen-bond acceptors (Lipinski definition) is 4. The van der Waals surface area contributed by atoms with Gasteiger partial charge in [0.15, 0.2) is 0 Å². The molecule has 0 aromatic heterocycles. The third-order valence-corrected chi connectivity index (χ3v) is 3.40. The number of methoxy groups -OCH3 is 1. The average molecular weight is 296 g/mol. The largest absolute Gasteiger partial charge is 0.496 e. The molecule has 0 fully saturated rings. The first kappa shape index (κ1) is 16.9. The van der Waals surface area contributed by atoms with Gasteiger partial charge in [-0.05, 0) is 31.7 Å². The van der Waals surface area contributed by atoms with Crippen molar-refractivity contribution < 1.29 is 9.47 Å². The molecule has 0 saturated heterocycles. The zero-order valence-electron chi connectivity index (χ0n) is 12.5. The zero-order valence-corrected chi connectivity index (χ0v) is 13.3. The van der Waals surface area contributed by atoms with E-state index in [0.29, 0.717) is 4.99 Å². The van der Waals surface area contributed by atoms with Crippen LogP contribution in [0.4, 0.5) is 0 Å². The van der Waals surface area contributed by atoms with Crippen LogP contribution in [-0.2, 0) is 11.3 Å². The van der Waals surface area contributed by atoms with Crippen molar-refractivity contribution in [2.45, 2.75) is 20.4 Å². The quantitative estimate of drug-likeness (QED) is 0.559. The van der Waals surface area contributed by atoms with Crippen molar-refractivity contribution in [2.24, 2.45) is 5.73 Å². The summed E-state index contributed by atoms with van der Waals surface area (Å²) in [6.07, 6.45) is 0. The van der Waals surface area contributed by atoms with E-state index >= 15 is 0 Å². The third kappa shape index (κ3) is 5.07. The van der Waals surface area contributed by atoms with Crippen molar-refractivity contribution in [3.63, 3.8) is 0 Å². The first-order valence-electron chi connectivity index (χ1n) is 6.89. The van der Waals surface area contributed by atoms with Crippen LogP contribution in [0.1, 0.15) is 25.0 Å². The topological polar surface area (TPSA) is 47.7 Å². The van der Waals surface area contributed by atoms with E-state index in [2.05, 4.69) is 11.8 Å². The molecule has 5 heteroatoms. The highest BCUT2D eigenvalue weighted by atomic mass is 32.1. The molecule has 0 bridgehead atoms. The average Bonchev–Trinajstić information content (AvgIpc) is 2.46. The monoisotopic (exact) mass is 296 g/mol. The number of ether oxygens (including phenoxy) is 2. The Morgan fingerprint density at radius 1 is 1.35 bits per heavy atom. The van der Waals surface area contributed by atoms with Crippen molar-refractivity contribution in [2.75, 3.05) is 33.4 Å². The van der Waals surface area contributed by atoms with E-state index in [9.17, 15) is 0 Å². The second-order valence-electron chi connectivity index (χ2n) is 4.46. The Kier molecular flexibility index (Phi) is 7.51. The van der Waals surface area contributed by atoms with Crippen LogP contribution in [0.3, 0.4) is 0 Å². The summed E-state index contributed by atoms with van der Waals surface area (Å²) in [5, 5.41) is 0. The Labute approximate surface area is 126 Å². The van der Waals surface area contributed by atoms with Crippen LogP contribution in [0.2, 0.25) is 0 Å². The van der Waals surface area contributed by atoms with Crippen LogP contribution < -0.4 is 10.5 Å². The second-order valence-corrected chi connectivity index (χ2v) is 4.90. The van der Waals surface area contributed by atoms with Gasteiger partial charge in [0.05, 0.1) is 13.7 Å². The molecule has 0 aliphatic heterocycles. The van der Waals surface area contributed by atoms with E-state index in [4.69, 9.17) is 27.4 Å². The van der Waals surface area contributed by atoms with Gasteiger partial charge in [0, 0.05) is 30.8 Å². The zero-order chi connectivity index (χ0) is 15.0. The van der Waals surface area contributed by atoms with Crippen molar-refractivity contribution >= 4 is 17.2 Å². The fourth-order valence-electron chi connectivity index (χ4n) is 1.98. The number of likely N-dealkylation sites (N-methyl/N-ethyl adjacent to an activating group) is 1. The lowest BCUT2D eigenvalue weighted by atomic mass is 10.1. The summed E-state index contributed by atoms with van der Waals surface area (Å²) in [6, 6.07) is 5.81. The molecule has 2 N–H and O–H groups in total. The molecule has 4 nitrogen and oxygen atoms in total. The lowest BCUT2D eigenvalue weighted by Gasteiger charge is -2.22. The fourth-order valence-corrected chi connectivity index (χ4v) is 2.11. The molecule has 0 aliphatic rings. The van der Waals surface area contributed by atoms with Crippen LogP contribution in [0.15, 0.2) is 18.2 Å². The van der Waals surface area contributed by atoms with Crippen LogP contribution in [0, 0.1) is 0 Å². The van der Waals surface area contributed by atoms with E-state index in [1.807, 2.05) is 25.1 Å². The summed E-state index contributed by atoms with van der Waals surface area (Å²) >= 11 is 5.03. The predicted octanol–water partition coefficient (Wildman–Crippen LogP) is 2.19. The normalized spacial score (nSPS) is 10.8. The Morgan fingerprint density at radius 2 is 2.10 bits per heavy atom. The maximum Gasteiger partial charge on any atom is 0.123 e. The Bertz CT molecular complexity index is 438. The Morgan fingerprint density at radius 3 is 2.65 bits per heavy atom. The Hall–Kier alpha value is -1.17. The van der Waals surface area contributed by atoms with Crippen molar-refractivity contribution in [3.8, 4) is 5.75 Å². The highest BCUT2D eigenvalue weighted by molar-refractivity contribution is 7.80. The van der Waals surface area contributed by atoms with Gasteiger partial charge in [-0.25, -0.2) is 0 Å². The molecule has 0 heterocycles. The van der Waals surface area contributed by atoms with Gasteiger partial charge >= 0.3 is 0 Å². The number of nitrogens with two attached hydrogens (primary N) is 1. The van der Waals surface area contributed by atoms with Gasteiger partial charge in [-0.3, -0.25) is 4.90 Å². The highest BCUT2D eigenvalue weighted by Gasteiger charge is 2.10. The van der Waals surface area contributed by atoms with Gasteiger partial charge < -0.3 is 15.2 Å². The minimum atomic E-state index is 0.409. The Balaban J connectivity index is 2.81. The summed E-state index contributed by atoms with van der Waals surface area (Å²) in [4.78, 5) is 2.71. The second kappa shape index (κ2) is 8.89. The van der Waals surface area contributed by atoms with E-state index in [1.54, 1.807) is 7.11 Å². The molecule has 0 saturated carbocycles. The smallest absolute Gasteiger partial charge is 0.123 e. The van der Waals surface area contributed by atoms with Crippen LogP contribution in [0.25, 0.3) is 0 Å². The number of hydrogen-bond donors (Lipinski definition) is 1. The molecule has 0 spiro atoms. The summed E-state index contributed by atoms with van der Waals surface area (Å²) in [5.41, 5.74) is 7.66. The van der Waals surface area contributed by atoms with E-state index in [-0.39, 0.29) is 0 Å². The van der Waals surface area contributed by atoms with Gasteiger partial charge in [-0.15, -0.1) is 0 Å². The van der Waals surface area contributed by atoms with Gasteiger partial charge in [0.2, 0.25) is 0 Å². The first-order chi connectivity index (χ1) is 9.62. The molecule has 1 aromatic carbocycles. The number of rotatable bonds is 9. The maximum absolute atomic E-state index is 5.69. The summed E-state index contributed by atoms with van der Waals surface area (Å²) < 4.78 is 10.8. The molecule has 0 atom stereocenters. The fraction of sp³-hybridized carbons (Fsp3) is 0.533. The number of thiocarbonyl (C=S) groups is 1.